The molecule has 0 aliphatic carbocycles. The SMILES string of the molecule is CCCCCCCCCCC(OC(=O)NCCCS(=O)(=O)O)c1ccc(C)o1. The van der Waals surface area contributed by atoms with Crippen molar-refractivity contribution in [2.75, 3.05) is 12.3 Å². The Labute approximate surface area is 169 Å². The molecule has 1 unspecified atom stereocenters. The number of carbonyl (C=O) groups excluding carboxylic acids is 1. The number of nitrogens with one attached hydrogen (secondary N) is 1. The predicted octanol–water partition coefficient (Wildman–Crippen LogP) is 5.16. The van der Waals surface area contributed by atoms with E-state index in [4.69, 9.17) is 13.7 Å². The number of ether oxygens (including phenoxy) is 1. The number of hydrogen-bond donors (Lipinski definition) is 2. The maximum absolute atomic E-state index is 12.0. The lowest BCUT2D eigenvalue weighted by atomic mass is 10.0. The van der Waals surface area contributed by atoms with Gasteiger partial charge in [-0.15, -0.1) is 0 Å². The lowest BCUT2D eigenvalue weighted by Gasteiger charge is -2.16. The summed E-state index contributed by atoms with van der Waals surface area (Å²) in [5, 5.41) is 2.51. The lowest BCUT2D eigenvalue weighted by Crippen LogP contribution is -2.28. The highest BCUT2D eigenvalue weighted by atomic mass is 32.2. The molecule has 2 N–H and O–H groups in total. The predicted molar refractivity (Wildman–Crippen MR) is 109 cm³/mol. The average molecular weight is 418 g/mol. The fourth-order valence-electron chi connectivity index (χ4n) is 2.97. The monoisotopic (exact) mass is 417 g/mol. The minimum absolute atomic E-state index is 0.111. The van der Waals surface area contributed by atoms with Crippen LogP contribution < -0.4 is 5.32 Å². The molecule has 0 fully saturated rings. The molecular weight excluding hydrogens is 382 g/mol. The fourth-order valence-corrected chi connectivity index (χ4v) is 3.47. The molecule has 1 amide bonds. The van der Waals surface area contributed by atoms with Gasteiger partial charge >= 0.3 is 6.09 Å². The number of rotatable bonds is 15. The minimum atomic E-state index is -4.02. The lowest BCUT2D eigenvalue weighted by molar-refractivity contribution is 0.0772. The molecule has 1 heterocycles. The molecule has 7 nitrogen and oxygen atoms in total. The number of alkyl carbamates (subject to hydrolysis) is 1. The van der Waals surface area contributed by atoms with Crippen molar-refractivity contribution in [3.63, 3.8) is 0 Å². The van der Waals surface area contributed by atoms with Gasteiger partial charge in [-0.2, -0.15) is 8.42 Å². The second kappa shape index (κ2) is 13.6. The van der Waals surface area contributed by atoms with E-state index >= 15 is 0 Å². The zero-order chi connectivity index (χ0) is 20.8. The van der Waals surface area contributed by atoms with Crippen LogP contribution in [0.15, 0.2) is 16.5 Å². The molecule has 8 heteroatoms. The van der Waals surface area contributed by atoms with E-state index in [1.54, 1.807) is 0 Å². The second-order valence-corrected chi connectivity index (χ2v) is 8.74. The molecule has 0 saturated carbocycles. The van der Waals surface area contributed by atoms with Gasteiger partial charge in [-0.05, 0) is 38.3 Å². The van der Waals surface area contributed by atoms with E-state index in [-0.39, 0.29) is 13.0 Å². The maximum Gasteiger partial charge on any atom is 0.407 e. The summed E-state index contributed by atoms with van der Waals surface area (Å²) in [7, 11) is -4.02. The third-order valence-corrected chi connectivity index (χ3v) is 5.30. The van der Waals surface area contributed by atoms with Crippen LogP contribution in [0.2, 0.25) is 0 Å². The van der Waals surface area contributed by atoms with Gasteiger partial charge in [0.15, 0.2) is 6.10 Å². The third-order valence-electron chi connectivity index (χ3n) is 4.50. The zero-order valence-electron chi connectivity index (χ0n) is 17.1. The van der Waals surface area contributed by atoms with Gasteiger partial charge in [-0.25, -0.2) is 4.79 Å². The summed E-state index contributed by atoms with van der Waals surface area (Å²) in [6.07, 6.45) is 9.28. The normalized spacial score (nSPS) is 12.7. The fraction of sp³-hybridized carbons (Fsp3) is 0.750. The van der Waals surface area contributed by atoms with Crippen LogP contribution in [0, 0.1) is 6.92 Å². The van der Waals surface area contributed by atoms with E-state index in [1.165, 1.54) is 38.5 Å². The second-order valence-electron chi connectivity index (χ2n) is 7.17. The van der Waals surface area contributed by atoms with Crippen LogP contribution in [-0.4, -0.2) is 31.4 Å². The maximum atomic E-state index is 12.0. The van der Waals surface area contributed by atoms with Crippen molar-refractivity contribution < 1.29 is 26.9 Å². The number of furan rings is 1. The van der Waals surface area contributed by atoms with Crippen LogP contribution in [0.3, 0.4) is 0 Å². The first-order valence-electron chi connectivity index (χ1n) is 10.3. The molecule has 0 saturated heterocycles. The van der Waals surface area contributed by atoms with Gasteiger partial charge in [0.1, 0.15) is 11.5 Å². The quantitative estimate of drug-likeness (QED) is 0.301. The van der Waals surface area contributed by atoms with E-state index in [2.05, 4.69) is 12.2 Å². The first kappa shape index (κ1) is 24.5. The molecule has 1 aromatic heterocycles. The Morgan fingerprint density at radius 2 is 1.75 bits per heavy atom. The van der Waals surface area contributed by atoms with Crippen LogP contribution in [0.1, 0.15) is 88.8 Å². The largest absolute Gasteiger partial charge is 0.462 e. The van der Waals surface area contributed by atoms with E-state index in [9.17, 15) is 13.2 Å². The van der Waals surface area contributed by atoms with Crippen molar-refractivity contribution >= 4 is 16.2 Å². The number of carbonyl (C=O) groups is 1. The van der Waals surface area contributed by atoms with Crippen LogP contribution in [0.5, 0.6) is 0 Å². The number of unbranched alkanes of at least 4 members (excludes halogenated alkanes) is 7. The summed E-state index contributed by atoms with van der Waals surface area (Å²) in [4.78, 5) is 12.0. The highest BCUT2D eigenvalue weighted by Gasteiger charge is 2.19. The van der Waals surface area contributed by atoms with Crippen molar-refractivity contribution in [2.24, 2.45) is 0 Å². The Balaban J connectivity index is 2.36. The Kier molecular flexibility index (Phi) is 11.9. The Bertz CT molecular complexity index is 655. The first-order valence-corrected chi connectivity index (χ1v) is 11.9. The molecule has 1 rings (SSSR count). The summed E-state index contributed by atoms with van der Waals surface area (Å²) in [6.45, 7) is 4.16. The molecular formula is C20H35NO6S. The standard InChI is InChI=1S/C20H35NO6S/c1-3-4-5-6-7-8-9-10-12-18(19-14-13-17(2)26-19)27-20(22)21-15-11-16-28(23,24)25/h13-14,18H,3-12,15-16H2,1-2H3,(H,21,22)(H,23,24,25). The van der Waals surface area contributed by atoms with Crippen LogP contribution in [0.25, 0.3) is 0 Å². The number of hydrogen-bond acceptors (Lipinski definition) is 5. The van der Waals surface area contributed by atoms with Crippen LogP contribution in [0.4, 0.5) is 4.79 Å². The average Bonchev–Trinajstić information content (AvgIpc) is 3.05. The molecule has 0 aliphatic heterocycles. The molecule has 1 aromatic rings. The van der Waals surface area contributed by atoms with Gasteiger partial charge in [-0.3, -0.25) is 4.55 Å². The van der Waals surface area contributed by atoms with Crippen molar-refractivity contribution in [2.45, 2.75) is 84.2 Å². The summed E-state index contributed by atoms with van der Waals surface area (Å²) in [6, 6.07) is 3.65. The zero-order valence-corrected chi connectivity index (χ0v) is 17.9. The van der Waals surface area contributed by atoms with Crippen molar-refractivity contribution in [1.29, 1.82) is 0 Å². The summed E-state index contributed by atoms with van der Waals surface area (Å²) < 4.78 is 41.2. The molecule has 1 atom stereocenters. The molecule has 162 valence electrons. The highest BCUT2D eigenvalue weighted by Crippen LogP contribution is 2.26. The van der Waals surface area contributed by atoms with Crippen molar-refractivity contribution in [1.82, 2.24) is 5.32 Å². The van der Waals surface area contributed by atoms with Crippen molar-refractivity contribution in [3.05, 3.63) is 23.7 Å². The van der Waals surface area contributed by atoms with Gasteiger partial charge in [0.05, 0.1) is 5.75 Å². The molecule has 0 aromatic carbocycles. The number of aryl methyl sites for hydroxylation is 1. The molecule has 28 heavy (non-hydrogen) atoms. The van der Waals surface area contributed by atoms with Gasteiger partial charge < -0.3 is 14.5 Å². The molecule has 0 spiro atoms. The topological polar surface area (TPSA) is 106 Å². The third kappa shape index (κ3) is 12.0. The highest BCUT2D eigenvalue weighted by molar-refractivity contribution is 7.85. The Morgan fingerprint density at radius 1 is 1.11 bits per heavy atom. The molecule has 0 aliphatic rings. The Hall–Kier alpha value is -1.54. The summed E-state index contributed by atoms with van der Waals surface area (Å²) in [5.41, 5.74) is 0. The van der Waals surface area contributed by atoms with Crippen LogP contribution in [-0.2, 0) is 14.9 Å². The van der Waals surface area contributed by atoms with E-state index < -0.39 is 28.1 Å². The molecule has 0 bridgehead atoms. The summed E-state index contributed by atoms with van der Waals surface area (Å²) in [5.74, 6) is 0.980. The van der Waals surface area contributed by atoms with Gasteiger partial charge in [0.25, 0.3) is 10.1 Å². The molecule has 0 radical (unpaired) electrons. The number of amides is 1. The smallest absolute Gasteiger partial charge is 0.407 e. The van der Waals surface area contributed by atoms with E-state index in [1.807, 2.05) is 19.1 Å². The van der Waals surface area contributed by atoms with Gasteiger partial charge in [-0.1, -0.05) is 51.9 Å². The van der Waals surface area contributed by atoms with Crippen molar-refractivity contribution in [3.8, 4) is 0 Å². The minimum Gasteiger partial charge on any atom is -0.462 e. The van der Waals surface area contributed by atoms with Crippen LogP contribution >= 0.6 is 0 Å². The van der Waals surface area contributed by atoms with Gasteiger partial charge in [0, 0.05) is 6.54 Å². The summed E-state index contributed by atoms with van der Waals surface area (Å²) >= 11 is 0. The van der Waals surface area contributed by atoms with E-state index in [0.29, 0.717) is 12.2 Å². The first-order chi connectivity index (χ1) is 13.3. The Morgan fingerprint density at radius 3 is 2.32 bits per heavy atom. The van der Waals surface area contributed by atoms with E-state index in [0.717, 1.165) is 18.6 Å². The van der Waals surface area contributed by atoms with Gasteiger partial charge in [0.2, 0.25) is 0 Å².